The minimum Gasteiger partial charge on any atom is -0.279 e. The van der Waals surface area contributed by atoms with E-state index in [-0.39, 0.29) is 0 Å². The number of benzene rings is 1. The van der Waals surface area contributed by atoms with E-state index >= 15 is 0 Å². The summed E-state index contributed by atoms with van der Waals surface area (Å²) in [6, 6.07) is 7.13. The number of halogens is 3. The highest BCUT2D eigenvalue weighted by Crippen LogP contribution is 2.32. The van der Waals surface area contributed by atoms with E-state index in [0.717, 1.165) is 16.7 Å². The monoisotopic (exact) mass is 254 g/mol. The van der Waals surface area contributed by atoms with Crippen molar-refractivity contribution in [2.75, 3.05) is 0 Å². The van der Waals surface area contributed by atoms with Gasteiger partial charge < -0.3 is 0 Å². The molecule has 0 heterocycles. The van der Waals surface area contributed by atoms with Gasteiger partial charge in [0.15, 0.2) is 4.71 Å². The third-order valence-electron chi connectivity index (χ3n) is 1.25. The molecular weight excluding hydrogens is 251 g/mol. The number of alkyl halides is 1. The maximum absolute atomic E-state index is 10.6. The quantitative estimate of drug-likeness (QED) is 0.465. The Morgan fingerprint density at radius 1 is 1.38 bits per heavy atom. The van der Waals surface area contributed by atoms with Gasteiger partial charge in [-0.05, 0) is 23.7 Å². The van der Waals surface area contributed by atoms with Crippen molar-refractivity contribution in [3.8, 4) is 0 Å². The number of hydrogen-bond donors (Lipinski definition) is 0. The molecule has 0 aliphatic heterocycles. The van der Waals surface area contributed by atoms with Crippen LogP contribution in [0.5, 0.6) is 0 Å². The second-order valence-corrected chi connectivity index (χ2v) is 4.79. The van der Waals surface area contributed by atoms with E-state index in [1.54, 1.807) is 18.2 Å². The molecule has 0 saturated carbocycles. The lowest BCUT2D eigenvalue weighted by Crippen LogP contribution is -2.01. The lowest BCUT2D eigenvalue weighted by atomic mass is 10.4. The Kier molecular flexibility index (Phi) is 4.39. The maximum Gasteiger partial charge on any atom is 0.250 e. The van der Waals surface area contributed by atoms with E-state index in [1.807, 2.05) is 6.07 Å². The van der Waals surface area contributed by atoms with Crippen LogP contribution in [0.15, 0.2) is 29.2 Å². The first-order valence-electron chi connectivity index (χ1n) is 3.36. The molecule has 1 aromatic carbocycles. The van der Waals surface area contributed by atoms with Crippen LogP contribution >= 0.6 is 46.6 Å². The fourth-order valence-electron chi connectivity index (χ4n) is 0.698. The number of hydrogen-bond acceptors (Lipinski definition) is 2. The van der Waals surface area contributed by atoms with Gasteiger partial charge in [-0.2, -0.15) is 0 Å². The highest BCUT2D eigenvalue weighted by Gasteiger charge is 2.15. The fraction of sp³-hybridized carbons (Fsp3) is 0.125. The largest absolute Gasteiger partial charge is 0.279 e. The lowest BCUT2D eigenvalue weighted by molar-refractivity contribution is -0.110. The molecule has 5 heteroatoms. The van der Waals surface area contributed by atoms with E-state index in [1.165, 1.54) is 0 Å². The van der Waals surface area contributed by atoms with Crippen molar-refractivity contribution >= 4 is 51.8 Å². The Bertz CT molecular complexity index is 316. The third-order valence-corrected chi connectivity index (χ3v) is 3.64. The Balaban J connectivity index is 2.74. The predicted octanol–water partition coefficient (Wildman–Crippen LogP) is 3.76. The van der Waals surface area contributed by atoms with Gasteiger partial charge in [0.05, 0.1) is 5.02 Å². The van der Waals surface area contributed by atoms with Gasteiger partial charge in [-0.3, -0.25) is 4.79 Å². The van der Waals surface area contributed by atoms with Gasteiger partial charge in [-0.15, -0.1) is 11.6 Å². The molecule has 0 amide bonds. The van der Waals surface area contributed by atoms with E-state index in [2.05, 4.69) is 0 Å². The van der Waals surface area contributed by atoms with Crippen molar-refractivity contribution in [3.63, 3.8) is 0 Å². The molecule has 1 nitrogen and oxygen atoms in total. The van der Waals surface area contributed by atoms with Crippen LogP contribution in [-0.4, -0.2) is 9.95 Å². The minimum atomic E-state index is -0.790. The van der Waals surface area contributed by atoms with Crippen LogP contribution in [0.4, 0.5) is 0 Å². The van der Waals surface area contributed by atoms with E-state index in [4.69, 9.17) is 34.8 Å². The molecule has 0 radical (unpaired) electrons. The average molecular weight is 256 g/mol. The van der Waals surface area contributed by atoms with Crippen molar-refractivity contribution in [2.45, 2.75) is 9.60 Å². The molecule has 0 fully saturated rings. The molecular formula is C8H5Cl3OS. The molecule has 0 aliphatic carbocycles. The predicted molar refractivity (Wildman–Crippen MR) is 57.8 cm³/mol. The molecule has 1 unspecified atom stereocenters. The zero-order chi connectivity index (χ0) is 9.84. The zero-order valence-electron chi connectivity index (χ0n) is 6.34. The van der Waals surface area contributed by atoms with Crippen molar-refractivity contribution < 1.29 is 4.79 Å². The molecule has 1 rings (SSSR count). The van der Waals surface area contributed by atoms with Gasteiger partial charge in [0.2, 0.25) is 5.24 Å². The molecule has 13 heavy (non-hydrogen) atoms. The normalized spacial score (nSPS) is 12.5. The van der Waals surface area contributed by atoms with Gasteiger partial charge in [0.1, 0.15) is 0 Å². The topological polar surface area (TPSA) is 17.1 Å². The molecule has 0 spiro atoms. The SMILES string of the molecule is O=C(Cl)C(Cl)Sc1ccccc1Cl. The molecule has 0 aliphatic rings. The maximum atomic E-state index is 10.6. The van der Waals surface area contributed by atoms with Crippen molar-refractivity contribution in [2.24, 2.45) is 0 Å². The highest BCUT2D eigenvalue weighted by atomic mass is 35.5. The fourth-order valence-corrected chi connectivity index (χ4v) is 2.04. The first kappa shape index (κ1) is 11.2. The molecule has 1 atom stereocenters. The van der Waals surface area contributed by atoms with Gasteiger partial charge >= 0.3 is 0 Å². The highest BCUT2D eigenvalue weighted by molar-refractivity contribution is 8.02. The lowest BCUT2D eigenvalue weighted by Gasteiger charge is -2.05. The van der Waals surface area contributed by atoms with E-state index in [9.17, 15) is 4.79 Å². The zero-order valence-corrected chi connectivity index (χ0v) is 9.42. The summed E-state index contributed by atoms with van der Waals surface area (Å²) in [7, 11) is 0. The standard InChI is InChI=1S/C8H5Cl3OS/c9-5-3-1-2-4-6(5)13-8(11)7(10)12/h1-4,8H. The molecule has 70 valence electrons. The molecule has 0 aromatic heterocycles. The Labute approximate surface area is 95.4 Å². The van der Waals surface area contributed by atoms with E-state index < -0.39 is 9.95 Å². The second-order valence-electron chi connectivity index (χ2n) is 2.17. The van der Waals surface area contributed by atoms with E-state index in [0.29, 0.717) is 5.02 Å². The van der Waals surface area contributed by atoms with Gasteiger partial charge in [-0.25, -0.2) is 0 Å². The van der Waals surface area contributed by atoms with Gasteiger partial charge in [-0.1, -0.05) is 35.5 Å². The van der Waals surface area contributed by atoms with Gasteiger partial charge in [0, 0.05) is 4.90 Å². The Hall–Kier alpha value is 0.110. The van der Waals surface area contributed by atoms with Crippen molar-refractivity contribution in [1.82, 2.24) is 0 Å². The number of rotatable bonds is 3. The van der Waals surface area contributed by atoms with Crippen LogP contribution in [0.2, 0.25) is 5.02 Å². The van der Waals surface area contributed by atoms with Crippen LogP contribution in [0.25, 0.3) is 0 Å². The minimum absolute atomic E-state index is 0.566. The average Bonchev–Trinajstić information content (AvgIpc) is 2.08. The summed E-state index contributed by atoms with van der Waals surface area (Å²) in [5.74, 6) is 0. The number of thioether (sulfide) groups is 1. The second kappa shape index (κ2) is 5.11. The molecule has 0 N–H and O–H groups in total. The first-order valence-corrected chi connectivity index (χ1v) is 5.43. The smallest absolute Gasteiger partial charge is 0.250 e. The van der Waals surface area contributed by atoms with Crippen LogP contribution in [0.3, 0.4) is 0 Å². The van der Waals surface area contributed by atoms with Crippen molar-refractivity contribution in [1.29, 1.82) is 0 Å². The summed E-state index contributed by atoms with van der Waals surface area (Å²) in [6.45, 7) is 0. The number of carbonyl (C=O) groups is 1. The molecule has 0 bridgehead atoms. The number of carbonyl (C=O) groups excluding carboxylic acids is 1. The third kappa shape index (κ3) is 3.39. The van der Waals surface area contributed by atoms with Crippen molar-refractivity contribution in [3.05, 3.63) is 29.3 Å². The Morgan fingerprint density at radius 2 is 2.00 bits per heavy atom. The van der Waals surface area contributed by atoms with Gasteiger partial charge in [0.25, 0.3) is 0 Å². The molecule has 1 aromatic rings. The Morgan fingerprint density at radius 3 is 2.54 bits per heavy atom. The van der Waals surface area contributed by atoms with Crippen LogP contribution in [0, 0.1) is 0 Å². The molecule has 0 saturated heterocycles. The van der Waals surface area contributed by atoms with Crippen LogP contribution in [0.1, 0.15) is 0 Å². The summed E-state index contributed by atoms with van der Waals surface area (Å²) in [5, 5.41) is -0.0253. The van der Waals surface area contributed by atoms with Crippen LogP contribution in [-0.2, 0) is 4.79 Å². The summed E-state index contributed by atoms with van der Waals surface area (Å²) in [5.41, 5.74) is 0. The first-order chi connectivity index (χ1) is 6.11. The summed E-state index contributed by atoms with van der Waals surface area (Å²) >= 11 is 17.8. The summed E-state index contributed by atoms with van der Waals surface area (Å²) < 4.78 is -0.790. The summed E-state index contributed by atoms with van der Waals surface area (Å²) in [6.07, 6.45) is 0. The van der Waals surface area contributed by atoms with Crippen LogP contribution < -0.4 is 0 Å². The summed E-state index contributed by atoms with van der Waals surface area (Å²) in [4.78, 5) is 11.4.